The van der Waals surface area contributed by atoms with Crippen molar-refractivity contribution < 1.29 is 18.7 Å². The number of halogens is 1. The Labute approximate surface area is 177 Å². The van der Waals surface area contributed by atoms with Gasteiger partial charge in [0, 0.05) is 32.7 Å². The zero-order chi connectivity index (χ0) is 21.5. The van der Waals surface area contributed by atoms with E-state index in [0.717, 1.165) is 17.5 Å². The van der Waals surface area contributed by atoms with Crippen molar-refractivity contribution in [1.82, 2.24) is 10.2 Å². The Hall–Kier alpha value is -2.73. The summed E-state index contributed by atoms with van der Waals surface area (Å²) in [6.07, 6.45) is 1.38. The van der Waals surface area contributed by atoms with Gasteiger partial charge in [-0.05, 0) is 42.5 Å². The quantitative estimate of drug-likeness (QED) is 0.760. The fraction of sp³-hybridized carbons (Fsp3) is 0.417. The Bertz CT molecular complexity index is 872. The molecule has 0 spiro atoms. The maximum absolute atomic E-state index is 13.7. The molecule has 1 heterocycles. The van der Waals surface area contributed by atoms with E-state index in [0.29, 0.717) is 31.6 Å². The zero-order valence-corrected chi connectivity index (χ0v) is 17.6. The largest absolute Gasteiger partial charge is 0.375 e. The maximum atomic E-state index is 13.7. The van der Waals surface area contributed by atoms with Gasteiger partial charge >= 0.3 is 0 Å². The Balaban J connectivity index is 1.68. The minimum Gasteiger partial charge on any atom is -0.375 e. The highest BCUT2D eigenvalue weighted by molar-refractivity contribution is 5.82. The number of likely N-dealkylation sites (tertiary alicyclic amines) is 1. The molecule has 1 fully saturated rings. The van der Waals surface area contributed by atoms with Gasteiger partial charge in [0.2, 0.25) is 11.8 Å². The van der Waals surface area contributed by atoms with Crippen molar-refractivity contribution in [2.75, 3.05) is 33.4 Å². The molecule has 2 aromatic rings. The number of benzene rings is 2. The topological polar surface area (TPSA) is 58.6 Å². The van der Waals surface area contributed by atoms with Crippen LogP contribution in [0.1, 0.15) is 29.0 Å². The highest BCUT2D eigenvalue weighted by Gasteiger charge is 2.34. The minimum absolute atomic E-state index is 0.0164. The lowest BCUT2D eigenvalue weighted by Crippen LogP contribution is -2.49. The molecule has 2 atom stereocenters. The number of carbonyl (C=O) groups excluding carboxylic acids is 2. The van der Waals surface area contributed by atoms with Crippen LogP contribution in [0, 0.1) is 18.7 Å². The standard InChI is InChI=1S/C24H29FN2O3/c1-17-12-19(8-9-22(17)25)20-13-21(15-27(14-20)23(28)16-30-2)24(29)26-11-10-18-6-4-3-5-7-18/h3-9,12,20-21H,10-11,13-16H2,1-2H3,(H,26,29). The highest BCUT2D eigenvalue weighted by Crippen LogP contribution is 2.31. The van der Waals surface area contributed by atoms with Crippen LogP contribution >= 0.6 is 0 Å². The smallest absolute Gasteiger partial charge is 0.248 e. The molecular weight excluding hydrogens is 383 g/mol. The molecule has 160 valence electrons. The summed E-state index contributed by atoms with van der Waals surface area (Å²) in [6, 6.07) is 15.0. The molecule has 0 aromatic heterocycles. The number of hydrogen-bond acceptors (Lipinski definition) is 3. The molecule has 1 aliphatic heterocycles. The van der Waals surface area contributed by atoms with Gasteiger partial charge < -0.3 is 15.0 Å². The van der Waals surface area contributed by atoms with Gasteiger partial charge in [0.25, 0.3) is 0 Å². The summed E-state index contributed by atoms with van der Waals surface area (Å²) in [6.45, 7) is 3.13. The number of nitrogens with one attached hydrogen (secondary N) is 1. The molecule has 1 saturated heterocycles. The Morgan fingerprint density at radius 2 is 1.93 bits per heavy atom. The normalized spacial score (nSPS) is 18.8. The lowest BCUT2D eigenvalue weighted by atomic mass is 9.83. The van der Waals surface area contributed by atoms with E-state index >= 15 is 0 Å². The van der Waals surface area contributed by atoms with E-state index in [2.05, 4.69) is 5.32 Å². The number of aryl methyl sites for hydroxylation is 1. The molecular formula is C24H29FN2O3. The van der Waals surface area contributed by atoms with Crippen molar-refractivity contribution in [3.8, 4) is 0 Å². The summed E-state index contributed by atoms with van der Waals surface area (Å²) in [7, 11) is 1.48. The fourth-order valence-corrected chi connectivity index (χ4v) is 3.99. The number of carbonyl (C=O) groups is 2. The lowest BCUT2D eigenvalue weighted by molar-refractivity contribution is -0.139. The van der Waals surface area contributed by atoms with E-state index in [1.165, 1.54) is 13.2 Å². The van der Waals surface area contributed by atoms with Crippen LogP contribution in [0.3, 0.4) is 0 Å². The van der Waals surface area contributed by atoms with Gasteiger partial charge in [-0.1, -0.05) is 42.5 Å². The number of rotatable bonds is 7. The van der Waals surface area contributed by atoms with Crippen LogP contribution in [0.5, 0.6) is 0 Å². The van der Waals surface area contributed by atoms with E-state index < -0.39 is 0 Å². The highest BCUT2D eigenvalue weighted by atomic mass is 19.1. The van der Waals surface area contributed by atoms with E-state index in [4.69, 9.17) is 4.74 Å². The predicted octanol–water partition coefficient (Wildman–Crippen LogP) is 3.07. The Morgan fingerprint density at radius 3 is 2.63 bits per heavy atom. The molecule has 0 radical (unpaired) electrons. The number of amides is 2. The molecule has 0 aliphatic carbocycles. The van der Waals surface area contributed by atoms with Gasteiger partial charge in [0.1, 0.15) is 12.4 Å². The van der Waals surface area contributed by atoms with Crippen LogP contribution in [-0.2, 0) is 20.7 Å². The molecule has 1 N–H and O–H groups in total. The first-order valence-electron chi connectivity index (χ1n) is 10.3. The number of ether oxygens (including phenoxy) is 1. The Kier molecular flexibility index (Phi) is 7.57. The average Bonchev–Trinajstić information content (AvgIpc) is 2.76. The van der Waals surface area contributed by atoms with Gasteiger partial charge in [-0.15, -0.1) is 0 Å². The van der Waals surface area contributed by atoms with E-state index in [1.807, 2.05) is 36.4 Å². The molecule has 0 bridgehead atoms. The fourth-order valence-electron chi connectivity index (χ4n) is 3.99. The summed E-state index contributed by atoms with van der Waals surface area (Å²) in [4.78, 5) is 27.0. The predicted molar refractivity (Wildman–Crippen MR) is 114 cm³/mol. The van der Waals surface area contributed by atoms with Crippen molar-refractivity contribution in [3.05, 3.63) is 71.0 Å². The van der Waals surface area contributed by atoms with Crippen LogP contribution in [0.25, 0.3) is 0 Å². The van der Waals surface area contributed by atoms with Crippen LogP contribution in [-0.4, -0.2) is 50.1 Å². The third kappa shape index (κ3) is 5.66. The molecule has 6 heteroatoms. The molecule has 2 unspecified atom stereocenters. The number of piperidine rings is 1. The summed E-state index contributed by atoms with van der Waals surface area (Å²) >= 11 is 0. The van der Waals surface area contributed by atoms with E-state index in [-0.39, 0.29) is 36.1 Å². The van der Waals surface area contributed by atoms with Gasteiger partial charge in [-0.25, -0.2) is 4.39 Å². The monoisotopic (exact) mass is 412 g/mol. The number of hydrogen-bond donors (Lipinski definition) is 1. The van der Waals surface area contributed by atoms with Crippen molar-refractivity contribution >= 4 is 11.8 Å². The second kappa shape index (κ2) is 10.3. The molecule has 2 aromatic carbocycles. The SMILES string of the molecule is COCC(=O)N1CC(C(=O)NCCc2ccccc2)CC(c2ccc(F)c(C)c2)C1. The zero-order valence-electron chi connectivity index (χ0n) is 17.6. The van der Waals surface area contributed by atoms with Crippen molar-refractivity contribution in [2.45, 2.75) is 25.7 Å². The summed E-state index contributed by atoms with van der Waals surface area (Å²) in [5.41, 5.74) is 2.68. The second-order valence-electron chi connectivity index (χ2n) is 7.90. The average molecular weight is 413 g/mol. The lowest BCUT2D eigenvalue weighted by Gasteiger charge is -2.37. The van der Waals surface area contributed by atoms with Crippen molar-refractivity contribution in [3.63, 3.8) is 0 Å². The number of nitrogens with zero attached hydrogens (tertiary/aromatic N) is 1. The molecule has 0 saturated carbocycles. The summed E-state index contributed by atoms with van der Waals surface area (Å²) in [5, 5.41) is 3.02. The minimum atomic E-state index is -0.314. The first-order chi connectivity index (χ1) is 14.5. The molecule has 2 amide bonds. The molecule has 1 aliphatic rings. The van der Waals surface area contributed by atoms with Crippen molar-refractivity contribution in [2.24, 2.45) is 5.92 Å². The molecule has 3 rings (SSSR count). The summed E-state index contributed by atoms with van der Waals surface area (Å²) in [5.74, 6) is -0.778. The van der Waals surface area contributed by atoms with Crippen molar-refractivity contribution in [1.29, 1.82) is 0 Å². The first-order valence-corrected chi connectivity index (χ1v) is 10.3. The van der Waals surface area contributed by atoms with Gasteiger partial charge in [-0.3, -0.25) is 9.59 Å². The maximum Gasteiger partial charge on any atom is 0.248 e. The Morgan fingerprint density at radius 1 is 1.17 bits per heavy atom. The van der Waals surface area contributed by atoms with Gasteiger partial charge in [0.15, 0.2) is 0 Å². The third-order valence-electron chi connectivity index (χ3n) is 5.65. The second-order valence-corrected chi connectivity index (χ2v) is 7.90. The molecule has 30 heavy (non-hydrogen) atoms. The van der Waals surface area contributed by atoms with E-state index in [1.54, 1.807) is 17.9 Å². The van der Waals surface area contributed by atoms with E-state index in [9.17, 15) is 14.0 Å². The van der Waals surface area contributed by atoms with Gasteiger partial charge in [-0.2, -0.15) is 0 Å². The van der Waals surface area contributed by atoms with Crippen LogP contribution < -0.4 is 5.32 Å². The number of methoxy groups -OCH3 is 1. The first kappa shape index (κ1) is 22.0. The molecule has 5 nitrogen and oxygen atoms in total. The van der Waals surface area contributed by atoms with Crippen LogP contribution in [0.15, 0.2) is 48.5 Å². The summed E-state index contributed by atoms with van der Waals surface area (Å²) < 4.78 is 18.7. The van der Waals surface area contributed by atoms with Crippen LogP contribution in [0.4, 0.5) is 4.39 Å². The van der Waals surface area contributed by atoms with Gasteiger partial charge in [0.05, 0.1) is 5.92 Å². The third-order valence-corrected chi connectivity index (χ3v) is 5.65. The van der Waals surface area contributed by atoms with Crippen LogP contribution in [0.2, 0.25) is 0 Å².